The van der Waals surface area contributed by atoms with Crippen molar-refractivity contribution in [3.05, 3.63) is 17.5 Å². The fourth-order valence-electron chi connectivity index (χ4n) is 3.01. The van der Waals surface area contributed by atoms with Crippen molar-refractivity contribution in [3.63, 3.8) is 0 Å². The van der Waals surface area contributed by atoms with E-state index in [1.165, 1.54) is 19.3 Å². The summed E-state index contributed by atoms with van der Waals surface area (Å²) in [5, 5.41) is 4.22. The van der Waals surface area contributed by atoms with Crippen molar-refractivity contribution in [1.82, 2.24) is 14.7 Å². The fourth-order valence-corrected chi connectivity index (χ4v) is 3.01. The van der Waals surface area contributed by atoms with E-state index in [-0.39, 0.29) is 5.97 Å². The molecule has 1 fully saturated rings. The van der Waals surface area contributed by atoms with Crippen LogP contribution in [0.4, 0.5) is 0 Å². The second-order valence-corrected chi connectivity index (χ2v) is 5.55. The molecule has 1 aromatic heterocycles. The number of esters is 1. The van der Waals surface area contributed by atoms with Gasteiger partial charge in [0.15, 0.2) is 0 Å². The SMILES string of the molecule is CCOC(=O)c1cnn(C)c1CN1CCCCC1CCN. The Morgan fingerprint density at radius 3 is 3.05 bits per heavy atom. The van der Waals surface area contributed by atoms with Gasteiger partial charge in [0.2, 0.25) is 0 Å². The van der Waals surface area contributed by atoms with E-state index in [4.69, 9.17) is 10.5 Å². The van der Waals surface area contributed by atoms with E-state index in [1.54, 1.807) is 10.9 Å². The third-order valence-corrected chi connectivity index (χ3v) is 4.16. The topological polar surface area (TPSA) is 73.4 Å². The number of nitrogens with zero attached hydrogens (tertiary/aromatic N) is 3. The van der Waals surface area contributed by atoms with Gasteiger partial charge in [0.1, 0.15) is 5.56 Å². The number of ether oxygens (including phenoxy) is 1. The van der Waals surface area contributed by atoms with Crippen molar-refractivity contribution in [2.24, 2.45) is 12.8 Å². The van der Waals surface area contributed by atoms with E-state index >= 15 is 0 Å². The van der Waals surface area contributed by atoms with Gasteiger partial charge in [0, 0.05) is 19.6 Å². The lowest BCUT2D eigenvalue weighted by Crippen LogP contribution is -2.40. The number of aromatic nitrogens is 2. The normalized spacial score (nSPS) is 19.7. The number of nitrogens with two attached hydrogens (primary N) is 1. The average Bonchev–Trinajstić information content (AvgIpc) is 2.83. The van der Waals surface area contributed by atoms with Crippen LogP contribution in [0.5, 0.6) is 0 Å². The van der Waals surface area contributed by atoms with Crippen LogP contribution in [0.25, 0.3) is 0 Å². The van der Waals surface area contributed by atoms with Gasteiger partial charge >= 0.3 is 5.97 Å². The van der Waals surface area contributed by atoms with Gasteiger partial charge in [-0.05, 0) is 39.3 Å². The van der Waals surface area contributed by atoms with Gasteiger partial charge in [-0.3, -0.25) is 9.58 Å². The third kappa shape index (κ3) is 3.83. The molecule has 2 rings (SSSR count). The third-order valence-electron chi connectivity index (χ3n) is 4.16. The number of likely N-dealkylation sites (tertiary alicyclic amines) is 1. The maximum Gasteiger partial charge on any atom is 0.341 e. The van der Waals surface area contributed by atoms with Gasteiger partial charge in [-0.2, -0.15) is 5.10 Å². The van der Waals surface area contributed by atoms with Crippen LogP contribution in [0.1, 0.15) is 48.7 Å². The quantitative estimate of drug-likeness (QED) is 0.801. The molecule has 1 atom stereocenters. The Morgan fingerprint density at radius 1 is 1.52 bits per heavy atom. The molecule has 1 aromatic rings. The van der Waals surface area contributed by atoms with E-state index in [0.717, 1.165) is 25.2 Å². The minimum Gasteiger partial charge on any atom is -0.462 e. The Bertz CT molecular complexity index is 470. The number of hydrogen-bond acceptors (Lipinski definition) is 5. The van der Waals surface area contributed by atoms with Crippen molar-refractivity contribution in [2.45, 2.75) is 45.2 Å². The molecule has 6 heteroatoms. The van der Waals surface area contributed by atoms with E-state index in [2.05, 4.69) is 10.00 Å². The molecule has 21 heavy (non-hydrogen) atoms. The predicted molar refractivity (Wildman–Crippen MR) is 80.9 cm³/mol. The minimum absolute atomic E-state index is 0.284. The molecule has 0 aromatic carbocycles. The van der Waals surface area contributed by atoms with Gasteiger partial charge in [-0.15, -0.1) is 0 Å². The van der Waals surface area contributed by atoms with Crippen molar-refractivity contribution < 1.29 is 9.53 Å². The van der Waals surface area contributed by atoms with Crippen LogP contribution in [0, 0.1) is 0 Å². The number of aryl methyl sites for hydroxylation is 1. The van der Waals surface area contributed by atoms with Gasteiger partial charge in [-0.25, -0.2) is 4.79 Å². The predicted octanol–water partition coefficient (Wildman–Crippen LogP) is 1.30. The first kappa shape index (κ1) is 16.0. The second kappa shape index (κ2) is 7.56. The zero-order valence-electron chi connectivity index (χ0n) is 13.0. The fraction of sp³-hybridized carbons (Fsp3) is 0.733. The Kier molecular flexibility index (Phi) is 5.76. The first-order valence-corrected chi connectivity index (χ1v) is 7.79. The lowest BCUT2D eigenvalue weighted by atomic mass is 9.99. The monoisotopic (exact) mass is 294 g/mol. The van der Waals surface area contributed by atoms with Gasteiger partial charge in [-0.1, -0.05) is 6.42 Å². The van der Waals surface area contributed by atoms with E-state index in [1.807, 2.05) is 14.0 Å². The van der Waals surface area contributed by atoms with Crippen molar-refractivity contribution >= 4 is 5.97 Å². The summed E-state index contributed by atoms with van der Waals surface area (Å²) in [7, 11) is 1.87. The Hall–Kier alpha value is -1.40. The zero-order valence-corrected chi connectivity index (χ0v) is 13.0. The first-order chi connectivity index (χ1) is 10.2. The summed E-state index contributed by atoms with van der Waals surface area (Å²) >= 11 is 0. The summed E-state index contributed by atoms with van der Waals surface area (Å²) in [5.41, 5.74) is 7.23. The van der Waals surface area contributed by atoms with Gasteiger partial charge in [0.05, 0.1) is 18.5 Å². The smallest absolute Gasteiger partial charge is 0.341 e. The average molecular weight is 294 g/mol. The molecule has 2 N–H and O–H groups in total. The molecule has 1 aliphatic rings. The number of rotatable bonds is 6. The number of carbonyl (C=O) groups excluding carboxylic acids is 1. The molecule has 0 bridgehead atoms. The standard InChI is InChI=1S/C15H26N4O2/c1-3-21-15(20)13-10-17-18(2)14(13)11-19-9-5-4-6-12(19)7-8-16/h10,12H,3-9,11,16H2,1-2H3. The maximum absolute atomic E-state index is 12.0. The molecule has 1 unspecified atom stereocenters. The second-order valence-electron chi connectivity index (χ2n) is 5.55. The molecule has 0 spiro atoms. The van der Waals surface area contributed by atoms with Crippen LogP contribution in [0.3, 0.4) is 0 Å². The molecule has 118 valence electrons. The largest absolute Gasteiger partial charge is 0.462 e. The molecule has 1 saturated heterocycles. The summed E-state index contributed by atoms with van der Waals surface area (Å²) < 4.78 is 6.89. The van der Waals surface area contributed by atoms with Crippen LogP contribution in [0.2, 0.25) is 0 Å². The highest BCUT2D eigenvalue weighted by Gasteiger charge is 2.25. The van der Waals surface area contributed by atoms with Crippen molar-refractivity contribution in [2.75, 3.05) is 19.7 Å². The van der Waals surface area contributed by atoms with Crippen LogP contribution in [-0.4, -0.2) is 46.4 Å². The minimum atomic E-state index is -0.284. The van der Waals surface area contributed by atoms with Gasteiger partial charge in [0.25, 0.3) is 0 Å². The summed E-state index contributed by atoms with van der Waals surface area (Å²) in [4.78, 5) is 14.4. The summed E-state index contributed by atoms with van der Waals surface area (Å²) in [6.07, 6.45) is 6.26. The lowest BCUT2D eigenvalue weighted by molar-refractivity contribution is 0.0521. The highest BCUT2D eigenvalue weighted by molar-refractivity contribution is 5.90. The molecule has 0 saturated carbocycles. The number of hydrogen-bond donors (Lipinski definition) is 1. The highest BCUT2D eigenvalue weighted by Crippen LogP contribution is 2.23. The Morgan fingerprint density at radius 2 is 2.33 bits per heavy atom. The molecular weight excluding hydrogens is 268 g/mol. The molecule has 2 heterocycles. The summed E-state index contributed by atoms with van der Waals surface area (Å²) in [5.74, 6) is -0.284. The van der Waals surface area contributed by atoms with Crippen molar-refractivity contribution in [3.8, 4) is 0 Å². The Labute approximate surface area is 126 Å². The maximum atomic E-state index is 12.0. The van der Waals surface area contributed by atoms with Crippen molar-refractivity contribution in [1.29, 1.82) is 0 Å². The van der Waals surface area contributed by atoms with Gasteiger partial charge < -0.3 is 10.5 Å². The van der Waals surface area contributed by atoms with E-state index in [0.29, 0.717) is 24.8 Å². The summed E-state index contributed by atoms with van der Waals surface area (Å²) in [6.45, 7) is 4.69. The Balaban J connectivity index is 2.14. The van der Waals surface area contributed by atoms with Crippen LogP contribution in [-0.2, 0) is 18.3 Å². The van der Waals surface area contributed by atoms with E-state index in [9.17, 15) is 4.79 Å². The molecule has 0 amide bonds. The summed E-state index contributed by atoms with van der Waals surface area (Å²) in [6, 6.07) is 0.508. The molecular formula is C15H26N4O2. The lowest BCUT2D eigenvalue weighted by Gasteiger charge is -2.35. The molecule has 0 aliphatic carbocycles. The van der Waals surface area contributed by atoms with E-state index < -0.39 is 0 Å². The molecule has 6 nitrogen and oxygen atoms in total. The van der Waals surface area contributed by atoms with Crippen LogP contribution >= 0.6 is 0 Å². The molecule has 1 aliphatic heterocycles. The zero-order chi connectivity index (χ0) is 15.2. The van der Waals surface area contributed by atoms with Crippen LogP contribution in [0.15, 0.2) is 6.20 Å². The first-order valence-electron chi connectivity index (χ1n) is 7.79. The van der Waals surface area contributed by atoms with Crippen LogP contribution < -0.4 is 5.73 Å². The number of piperidine rings is 1. The molecule has 0 radical (unpaired) electrons. The highest BCUT2D eigenvalue weighted by atomic mass is 16.5. The number of carbonyl (C=O) groups is 1.